The molecule has 34 heavy (non-hydrogen) atoms. The minimum Gasteiger partial charge on any atom is -0.460 e. The molecule has 1 amide bonds. The summed E-state index contributed by atoms with van der Waals surface area (Å²) in [7, 11) is 0. The van der Waals surface area contributed by atoms with Crippen LogP contribution in [0.3, 0.4) is 0 Å². The normalized spacial score (nSPS) is 19.2. The molecule has 2 aromatic carbocycles. The fourth-order valence-corrected chi connectivity index (χ4v) is 5.36. The summed E-state index contributed by atoms with van der Waals surface area (Å²) in [5, 5.41) is 0.269. The van der Waals surface area contributed by atoms with Gasteiger partial charge in [-0.3, -0.25) is 9.59 Å². The van der Waals surface area contributed by atoms with Crippen LogP contribution in [0.4, 0.5) is 4.39 Å². The second-order valence-electron chi connectivity index (χ2n) is 9.00. The maximum absolute atomic E-state index is 14.2. The van der Waals surface area contributed by atoms with E-state index < -0.39 is 29.4 Å². The van der Waals surface area contributed by atoms with Gasteiger partial charge in [0.2, 0.25) is 5.91 Å². The molecule has 0 unspecified atom stereocenters. The molecular weight excluding hydrogens is 455 g/mol. The summed E-state index contributed by atoms with van der Waals surface area (Å²) >= 11 is 6.13. The largest absolute Gasteiger partial charge is 0.460 e. The lowest BCUT2D eigenvalue weighted by Crippen LogP contribution is -2.55. The smallest absolute Gasteiger partial charge is 0.314 e. The Hall–Kier alpha value is -2.44. The zero-order valence-electron chi connectivity index (χ0n) is 20.1. The molecule has 2 aromatic rings. The summed E-state index contributed by atoms with van der Waals surface area (Å²) in [6, 6.07) is 12.3. The first kappa shape index (κ1) is 26.2. The minimum absolute atomic E-state index is 0.166. The highest BCUT2D eigenvalue weighted by Crippen LogP contribution is 2.48. The van der Waals surface area contributed by atoms with E-state index in [1.54, 1.807) is 11.0 Å². The van der Waals surface area contributed by atoms with Gasteiger partial charge >= 0.3 is 5.97 Å². The molecule has 184 valence electrons. The average molecular weight is 489 g/mol. The third-order valence-corrected chi connectivity index (χ3v) is 7.40. The van der Waals surface area contributed by atoms with Crippen LogP contribution in [0.5, 0.6) is 0 Å². The third-order valence-electron chi connectivity index (χ3n) is 7.19. The first-order chi connectivity index (χ1) is 16.3. The number of nitrogens with zero attached hydrogens (tertiary/aromatic N) is 1. The molecule has 0 aliphatic carbocycles. The molecule has 0 saturated carbocycles. The Morgan fingerprint density at radius 1 is 1.15 bits per heavy atom. The van der Waals surface area contributed by atoms with Crippen LogP contribution in [0, 0.1) is 11.2 Å². The Labute approximate surface area is 206 Å². The Morgan fingerprint density at radius 2 is 1.82 bits per heavy atom. The van der Waals surface area contributed by atoms with Gasteiger partial charge in [0.25, 0.3) is 0 Å². The van der Waals surface area contributed by atoms with Gasteiger partial charge in [-0.05, 0) is 61.4 Å². The zero-order valence-corrected chi connectivity index (χ0v) is 20.9. The van der Waals surface area contributed by atoms with Crippen LogP contribution in [0.15, 0.2) is 48.5 Å². The Morgan fingerprint density at radius 3 is 2.41 bits per heavy atom. The van der Waals surface area contributed by atoms with E-state index in [1.165, 1.54) is 12.1 Å². The Kier molecular flexibility index (Phi) is 8.72. The number of benzene rings is 2. The van der Waals surface area contributed by atoms with Crippen LogP contribution in [0.25, 0.3) is 0 Å². The molecule has 1 aliphatic rings. The van der Waals surface area contributed by atoms with Gasteiger partial charge < -0.3 is 15.4 Å². The van der Waals surface area contributed by atoms with Gasteiger partial charge in [0.15, 0.2) is 0 Å². The number of hydrogen-bond acceptors (Lipinski definition) is 4. The second-order valence-corrected chi connectivity index (χ2v) is 9.43. The number of amides is 1. The molecule has 1 fully saturated rings. The van der Waals surface area contributed by atoms with Gasteiger partial charge in [-0.1, -0.05) is 62.7 Å². The van der Waals surface area contributed by atoms with Crippen molar-refractivity contribution >= 4 is 23.5 Å². The molecule has 2 N–H and O–H groups in total. The molecule has 3 atom stereocenters. The van der Waals surface area contributed by atoms with E-state index in [0.717, 1.165) is 5.56 Å². The van der Waals surface area contributed by atoms with Crippen LogP contribution in [-0.4, -0.2) is 28.9 Å². The van der Waals surface area contributed by atoms with Crippen molar-refractivity contribution in [1.29, 1.82) is 0 Å². The minimum atomic E-state index is -0.899. The number of halogens is 2. The standard InChI is InChI=1S/C27H34ClFN2O3/c1-4-22(30)25(32)31-23(19-14-20(28)16-21(29)15-19)12-13-24(31)27(5-2,6-3)26(33)34-17-18-10-8-7-9-11-18/h7-11,14-16,22-24H,4-6,12-13,17,30H2,1-3H3/t22-,23+,24-/m1/s1. The van der Waals surface area contributed by atoms with E-state index in [4.69, 9.17) is 22.1 Å². The van der Waals surface area contributed by atoms with Crippen molar-refractivity contribution in [3.05, 3.63) is 70.5 Å². The SMILES string of the molecule is CC[C@@H](N)C(=O)N1[C@H](c2cc(F)cc(Cl)c2)CC[C@@H]1C(CC)(CC)C(=O)OCc1ccccc1. The van der Waals surface area contributed by atoms with Crippen LogP contribution in [0.1, 0.15) is 70.0 Å². The number of rotatable bonds is 9. The van der Waals surface area contributed by atoms with Gasteiger partial charge in [0.1, 0.15) is 12.4 Å². The van der Waals surface area contributed by atoms with Gasteiger partial charge in [-0.25, -0.2) is 4.39 Å². The van der Waals surface area contributed by atoms with Crippen molar-refractivity contribution in [2.75, 3.05) is 0 Å². The monoisotopic (exact) mass is 488 g/mol. The fourth-order valence-electron chi connectivity index (χ4n) is 5.13. The molecule has 7 heteroatoms. The number of likely N-dealkylation sites (tertiary alicyclic amines) is 1. The van der Waals surface area contributed by atoms with E-state index in [1.807, 2.05) is 51.1 Å². The highest BCUT2D eigenvalue weighted by molar-refractivity contribution is 6.30. The second kappa shape index (κ2) is 11.3. The maximum Gasteiger partial charge on any atom is 0.314 e. The molecule has 5 nitrogen and oxygen atoms in total. The number of ether oxygens (including phenoxy) is 1. The van der Waals surface area contributed by atoms with Crippen molar-refractivity contribution in [3.63, 3.8) is 0 Å². The molecule has 1 saturated heterocycles. The molecule has 1 heterocycles. The zero-order chi connectivity index (χ0) is 24.9. The fraction of sp³-hybridized carbons (Fsp3) is 0.481. The predicted octanol–water partition coefficient (Wildman–Crippen LogP) is 5.80. The van der Waals surface area contributed by atoms with Gasteiger partial charge in [0, 0.05) is 11.1 Å². The first-order valence-electron chi connectivity index (χ1n) is 12.0. The van der Waals surface area contributed by atoms with E-state index in [0.29, 0.717) is 37.7 Å². The number of carbonyl (C=O) groups excluding carboxylic acids is 2. The lowest BCUT2D eigenvalue weighted by molar-refractivity contribution is -0.164. The van der Waals surface area contributed by atoms with Crippen molar-refractivity contribution < 1.29 is 18.7 Å². The summed E-state index contributed by atoms with van der Waals surface area (Å²) in [5.74, 6) is -1.03. The Bertz CT molecular complexity index is 976. The maximum atomic E-state index is 14.2. The molecule has 0 bridgehead atoms. The quantitative estimate of drug-likeness (QED) is 0.453. The van der Waals surface area contributed by atoms with E-state index in [9.17, 15) is 14.0 Å². The predicted molar refractivity (Wildman–Crippen MR) is 132 cm³/mol. The lowest BCUT2D eigenvalue weighted by atomic mass is 9.74. The number of carbonyl (C=O) groups is 2. The summed E-state index contributed by atoms with van der Waals surface area (Å²) in [4.78, 5) is 28.8. The van der Waals surface area contributed by atoms with Crippen LogP contribution >= 0.6 is 11.6 Å². The number of hydrogen-bond donors (Lipinski definition) is 1. The van der Waals surface area contributed by atoms with E-state index >= 15 is 0 Å². The summed E-state index contributed by atoms with van der Waals surface area (Å²) in [6.07, 6.45) is 2.64. The molecule has 0 aromatic heterocycles. The van der Waals surface area contributed by atoms with Crippen molar-refractivity contribution in [3.8, 4) is 0 Å². The lowest BCUT2D eigenvalue weighted by Gasteiger charge is -2.42. The van der Waals surface area contributed by atoms with Gasteiger partial charge in [0.05, 0.1) is 17.5 Å². The molecule has 1 aliphatic heterocycles. The van der Waals surface area contributed by atoms with Crippen molar-refractivity contribution in [1.82, 2.24) is 4.90 Å². The van der Waals surface area contributed by atoms with Crippen LogP contribution in [-0.2, 0) is 20.9 Å². The molecular formula is C27H34ClFN2O3. The summed E-state index contributed by atoms with van der Waals surface area (Å²) in [5.41, 5.74) is 6.80. The highest BCUT2D eigenvalue weighted by atomic mass is 35.5. The highest BCUT2D eigenvalue weighted by Gasteiger charge is 2.53. The summed E-state index contributed by atoms with van der Waals surface area (Å²) < 4.78 is 20.0. The molecule has 3 rings (SSSR count). The number of nitrogens with two attached hydrogens (primary N) is 1. The van der Waals surface area contributed by atoms with Crippen molar-refractivity contribution in [2.45, 2.75) is 77.6 Å². The Balaban J connectivity index is 1.98. The van der Waals surface area contributed by atoms with Gasteiger partial charge in [-0.15, -0.1) is 0 Å². The van der Waals surface area contributed by atoms with Gasteiger partial charge in [-0.2, -0.15) is 0 Å². The first-order valence-corrected chi connectivity index (χ1v) is 12.4. The topological polar surface area (TPSA) is 72.6 Å². The number of esters is 1. The average Bonchev–Trinajstić information content (AvgIpc) is 3.28. The van der Waals surface area contributed by atoms with E-state index in [-0.39, 0.29) is 23.5 Å². The third kappa shape index (κ3) is 5.28. The van der Waals surface area contributed by atoms with Crippen LogP contribution in [0.2, 0.25) is 5.02 Å². The van der Waals surface area contributed by atoms with Crippen LogP contribution < -0.4 is 5.73 Å². The van der Waals surface area contributed by atoms with Crippen molar-refractivity contribution in [2.24, 2.45) is 11.1 Å². The molecule has 0 radical (unpaired) electrons. The summed E-state index contributed by atoms with van der Waals surface area (Å²) in [6.45, 7) is 5.91. The molecule has 0 spiro atoms. The van der Waals surface area contributed by atoms with E-state index in [2.05, 4.69) is 0 Å².